The maximum atomic E-state index is 4.72. The molecule has 3 heteroatoms. The minimum absolute atomic E-state index is 0.765. The largest absolute Gasteiger partial charge is 0.335 e. The Labute approximate surface area is 98.3 Å². The highest BCUT2D eigenvalue weighted by atomic mass is 15.1. The Bertz CT molecular complexity index is 348. The van der Waals surface area contributed by atoms with Gasteiger partial charge in [0.05, 0.1) is 5.69 Å². The van der Waals surface area contributed by atoms with Crippen molar-refractivity contribution < 1.29 is 0 Å². The van der Waals surface area contributed by atoms with Crippen molar-refractivity contribution in [1.82, 2.24) is 14.9 Å². The van der Waals surface area contributed by atoms with Gasteiger partial charge in [0.25, 0.3) is 0 Å². The lowest BCUT2D eigenvalue weighted by atomic mass is 10.0. The molecule has 90 valence electrons. The van der Waals surface area contributed by atoms with Crippen LogP contribution in [0, 0.1) is 6.92 Å². The van der Waals surface area contributed by atoms with Gasteiger partial charge in [0.15, 0.2) is 0 Å². The van der Waals surface area contributed by atoms with Crippen molar-refractivity contribution in [3.63, 3.8) is 0 Å². The predicted octanol–water partition coefficient (Wildman–Crippen LogP) is 2.15. The molecule has 1 N–H and O–H groups in total. The quantitative estimate of drug-likeness (QED) is 0.844. The summed E-state index contributed by atoms with van der Waals surface area (Å²) in [6.45, 7) is 3.17. The van der Waals surface area contributed by atoms with Gasteiger partial charge in [0.1, 0.15) is 5.82 Å². The molecule has 0 unspecified atom stereocenters. The fraction of sp³-hybridized carbons (Fsp3) is 0.769. The van der Waals surface area contributed by atoms with Gasteiger partial charge < -0.3 is 9.88 Å². The molecule has 1 saturated carbocycles. The van der Waals surface area contributed by atoms with E-state index in [1.165, 1.54) is 42.9 Å². The second kappa shape index (κ2) is 5.00. The van der Waals surface area contributed by atoms with E-state index in [4.69, 9.17) is 4.98 Å². The van der Waals surface area contributed by atoms with Gasteiger partial charge in [-0.05, 0) is 26.8 Å². The molecule has 0 radical (unpaired) electrons. The maximum absolute atomic E-state index is 4.72. The van der Waals surface area contributed by atoms with Gasteiger partial charge in [-0.15, -0.1) is 0 Å². The van der Waals surface area contributed by atoms with E-state index in [9.17, 15) is 0 Å². The van der Waals surface area contributed by atoms with E-state index >= 15 is 0 Å². The van der Waals surface area contributed by atoms with Crippen LogP contribution in [0.4, 0.5) is 0 Å². The van der Waals surface area contributed by atoms with E-state index in [0.717, 1.165) is 18.9 Å². The van der Waals surface area contributed by atoms with Gasteiger partial charge in [-0.2, -0.15) is 0 Å². The van der Waals surface area contributed by atoms with Crippen molar-refractivity contribution in [3.8, 4) is 0 Å². The third-order valence-electron chi connectivity index (χ3n) is 3.76. The summed E-state index contributed by atoms with van der Waals surface area (Å²) in [5.74, 6) is 1.99. The van der Waals surface area contributed by atoms with Crippen LogP contribution in [-0.2, 0) is 13.5 Å². The van der Waals surface area contributed by atoms with E-state index in [2.05, 4.69) is 23.9 Å². The fourth-order valence-electron chi connectivity index (χ4n) is 2.94. The predicted molar refractivity (Wildman–Crippen MR) is 66.8 cm³/mol. The first-order valence-corrected chi connectivity index (χ1v) is 6.40. The molecule has 1 aromatic rings. The number of rotatable bonds is 4. The SMILES string of the molecule is CNCCc1nc(C)c(C2CCCC2)n1C. The number of nitrogens with zero attached hydrogens (tertiary/aromatic N) is 2. The number of aromatic nitrogens is 2. The summed E-state index contributed by atoms with van der Waals surface area (Å²) in [6, 6.07) is 0. The minimum atomic E-state index is 0.765. The Hall–Kier alpha value is -0.830. The van der Waals surface area contributed by atoms with Gasteiger partial charge in [-0.1, -0.05) is 12.8 Å². The summed E-state index contributed by atoms with van der Waals surface area (Å²) in [6.07, 6.45) is 6.51. The van der Waals surface area contributed by atoms with Crippen molar-refractivity contribution >= 4 is 0 Å². The lowest BCUT2D eigenvalue weighted by molar-refractivity contribution is 0.630. The summed E-state index contributed by atoms with van der Waals surface area (Å²) in [5.41, 5.74) is 2.74. The Morgan fingerprint density at radius 3 is 2.69 bits per heavy atom. The molecule has 0 bridgehead atoms. The topological polar surface area (TPSA) is 29.9 Å². The van der Waals surface area contributed by atoms with Gasteiger partial charge in [-0.3, -0.25) is 0 Å². The summed E-state index contributed by atoms with van der Waals surface area (Å²) in [5, 5.41) is 3.19. The second-order valence-electron chi connectivity index (χ2n) is 4.89. The standard InChI is InChI=1S/C13H23N3/c1-10-13(11-6-4-5-7-11)16(3)12(15-10)8-9-14-2/h11,14H,4-9H2,1-3H3. The molecule has 0 saturated heterocycles. The number of hydrogen-bond acceptors (Lipinski definition) is 2. The molecule has 1 aromatic heterocycles. The van der Waals surface area contributed by atoms with Crippen molar-refractivity contribution in [2.45, 2.75) is 44.9 Å². The first-order chi connectivity index (χ1) is 7.74. The first kappa shape index (κ1) is 11.6. The van der Waals surface area contributed by atoms with Gasteiger partial charge in [-0.25, -0.2) is 4.98 Å². The summed E-state index contributed by atoms with van der Waals surface area (Å²) < 4.78 is 2.34. The fourth-order valence-corrected chi connectivity index (χ4v) is 2.94. The molecule has 0 atom stereocenters. The normalized spacial score (nSPS) is 17.2. The molecule has 0 aromatic carbocycles. The average Bonchev–Trinajstić information content (AvgIpc) is 2.85. The van der Waals surface area contributed by atoms with Crippen LogP contribution in [0.2, 0.25) is 0 Å². The third kappa shape index (κ3) is 2.14. The van der Waals surface area contributed by atoms with Crippen molar-refractivity contribution in [3.05, 3.63) is 17.2 Å². The van der Waals surface area contributed by atoms with E-state index in [0.29, 0.717) is 0 Å². The maximum Gasteiger partial charge on any atom is 0.110 e. The lowest BCUT2D eigenvalue weighted by Crippen LogP contribution is -2.14. The molecule has 2 rings (SSSR count). The molecule has 0 amide bonds. The van der Waals surface area contributed by atoms with Crippen LogP contribution in [0.5, 0.6) is 0 Å². The zero-order valence-electron chi connectivity index (χ0n) is 10.7. The smallest absolute Gasteiger partial charge is 0.110 e. The number of imidazole rings is 1. The summed E-state index contributed by atoms with van der Waals surface area (Å²) in [4.78, 5) is 4.72. The van der Waals surface area contributed by atoms with Crippen LogP contribution in [0.25, 0.3) is 0 Å². The van der Waals surface area contributed by atoms with Crippen molar-refractivity contribution in [2.24, 2.45) is 7.05 Å². The van der Waals surface area contributed by atoms with Gasteiger partial charge >= 0.3 is 0 Å². The highest BCUT2D eigenvalue weighted by molar-refractivity contribution is 5.21. The summed E-state index contributed by atoms with van der Waals surface area (Å²) in [7, 11) is 4.17. The molecule has 1 aliphatic carbocycles. The molecular weight excluding hydrogens is 198 g/mol. The van der Waals surface area contributed by atoms with E-state index in [1.54, 1.807) is 0 Å². The Kier molecular flexibility index (Phi) is 3.64. The number of aryl methyl sites for hydroxylation is 1. The molecule has 0 spiro atoms. The summed E-state index contributed by atoms with van der Waals surface area (Å²) >= 11 is 0. The first-order valence-electron chi connectivity index (χ1n) is 6.40. The number of likely N-dealkylation sites (N-methyl/N-ethyl adjacent to an activating group) is 1. The molecule has 3 nitrogen and oxygen atoms in total. The Balaban J connectivity index is 2.20. The zero-order valence-corrected chi connectivity index (χ0v) is 10.7. The number of nitrogens with one attached hydrogen (secondary N) is 1. The van der Waals surface area contributed by atoms with Crippen LogP contribution < -0.4 is 5.32 Å². The second-order valence-corrected chi connectivity index (χ2v) is 4.89. The van der Waals surface area contributed by atoms with Gasteiger partial charge in [0.2, 0.25) is 0 Å². The van der Waals surface area contributed by atoms with Gasteiger partial charge in [0, 0.05) is 31.6 Å². The molecule has 0 aliphatic heterocycles. The average molecular weight is 221 g/mol. The molecule has 1 fully saturated rings. The van der Waals surface area contributed by atoms with E-state index < -0.39 is 0 Å². The molecule has 1 aliphatic rings. The van der Waals surface area contributed by atoms with Crippen LogP contribution in [0.3, 0.4) is 0 Å². The molecule has 16 heavy (non-hydrogen) atoms. The molecule has 1 heterocycles. The van der Waals surface area contributed by atoms with E-state index in [-0.39, 0.29) is 0 Å². The van der Waals surface area contributed by atoms with Crippen LogP contribution in [0.15, 0.2) is 0 Å². The molecular formula is C13H23N3. The zero-order chi connectivity index (χ0) is 11.5. The van der Waals surface area contributed by atoms with Crippen molar-refractivity contribution in [1.29, 1.82) is 0 Å². The van der Waals surface area contributed by atoms with Crippen LogP contribution in [0.1, 0.15) is 48.8 Å². The van der Waals surface area contributed by atoms with Crippen LogP contribution in [-0.4, -0.2) is 23.1 Å². The number of hydrogen-bond donors (Lipinski definition) is 1. The minimum Gasteiger partial charge on any atom is -0.335 e. The Morgan fingerprint density at radius 2 is 2.06 bits per heavy atom. The van der Waals surface area contributed by atoms with E-state index in [1.807, 2.05) is 7.05 Å². The Morgan fingerprint density at radius 1 is 1.38 bits per heavy atom. The van der Waals surface area contributed by atoms with Crippen molar-refractivity contribution in [2.75, 3.05) is 13.6 Å². The highest BCUT2D eigenvalue weighted by Gasteiger charge is 2.23. The lowest BCUT2D eigenvalue weighted by Gasteiger charge is -2.12. The highest BCUT2D eigenvalue weighted by Crippen LogP contribution is 2.35. The van der Waals surface area contributed by atoms with Crippen LogP contribution >= 0.6 is 0 Å². The monoisotopic (exact) mass is 221 g/mol. The third-order valence-corrected chi connectivity index (χ3v) is 3.76.